The second-order valence-corrected chi connectivity index (χ2v) is 7.11. The number of thioether (sulfide) groups is 1. The number of aliphatic carboxylic acids is 1. The van der Waals surface area contributed by atoms with E-state index in [0.29, 0.717) is 39.9 Å². The fraction of sp³-hybridized carbons (Fsp3) is 0.353. The SMILES string of the molecule is COc1cccc(/C=C2\SC(=S)N(CCCCCC(=O)O)C2=O)c1O. The number of carboxylic acid groups (broad SMARTS) is 1. The van der Waals surface area contributed by atoms with Crippen molar-refractivity contribution in [3.63, 3.8) is 0 Å². The maximum Gasteiger partial charge on any atom is 0.303 e. The van der Waals surface area contributed by atoms with Gasteiger partial charge in [0, 0.05) is 18.5 Å². The van der Waals surface area contributed by atoms with E-state index in [1.807, 2.05) is 0 Å². The molecule has 1 aromatic rings. The number of amides is 1. The number of benzene rings is 1. The van der Waals surface area contributed by atoms with Crippen molar-refractivity contribution >= 4 is 46.3 Å². The van der Waals surface area contributed by atoms with Crippen molar-refractivity contribution in [3.05, 3.63) is 28.7 Å². The van der Waals surface area contributed by atoms with Crippen molar-refractivity contribution in [2.75, 3.05) is 13.7 Å². The molecule has 1 saturated heterocycles. The number of carbonyl (C=O) groups is 2. The van der Waals surface area contributed by atoms with Crippen LogP contribution in [0.3, 0.4) is 0 Å². The first kappa shape index (κ1) is 19.3. The van der Waals surface area contributed by atoms with Gasteiger partial charge in [0.1, 0.15) is 4.32 Å². The zero-order valence-corrected chi connectivity index (χ0v) is 15.4. The van der Waals surface area contributed by atoms with Crippen LogP contribution in [-0.4, -0.2) is 45.0 Å². The van der Waals surface area contributed by atoms with Crippen LogP contribution < -0.4 is 4.74 Å². The number of hydrogen-bond donors (Lipinski definition) is 2. The van der Waals surface area contributed by atoms with Crippen molar-refractivity contribution in [3.8, 4) is 11.5 Å². The summed E-state index contributed by atoms with van der Waals surface area (Å²) in [5.41, 5.74) is 0.487. The van der Waals surface area contributed by atoms with Crippen molar-refractivity contribution in [1.29, 1.82) is 0 Å². The van der Waals surface area contributed by atoms with E-state index in [4.69, 9.17) is 22.1 Å². The van der Waals surface area contributed by atoms with E-state index < -0.39 is 5.97 Å². The number of carbonyl (C=O) groups excluding carboxylic acids is 1. The van der Waals surface area contributed by atoms with E-state index in [-0.39, 0.29) is 18.1 Å². The number of unbranched alkanes of at least 4 members (excludes halogenated alkanes) is 2. The van der Waals surface area contributed by atoms with Gasteiger partial charge in [-0.2, -0.15) is 0 Å². The van der Waals surface area contributed by atoms with Gasteiger partial charge in [-0.25, -0.2) is 0 Å². The summed E-state index contributed by atoms with van der Waals surface area (Å²) >= 11 is 6.45. The summed E-state index contributed by atoms with van der Waals surface area (Å²) in [6.45, 7) is 0.464. The lowest BCUT2D eigenvalue weighted by atomic mass is 10.1. The van der Waals surface area contributed by atoms with Gasteiger partial charge in [0.15, 0.2) is 11.5 Å². The Morgan fingerprint density at radius 2 is 2.12 bits per heavy atom. The van der Waals surface area contributed by atoms with Crippen LogP contribution in [0.1, 0.15) is 31.2 Å². The molecule has 1 amide bonds. The number of phenols is 1. The highest BCUT2D eigenvalue weighted by Gasteiger charge is 2.31. The minimum atomic E-state index is -0.813. The predicted molar refractivity (Wildman–Crippen MR) is 101 cm³/mol. The molecular formula is C17H19NO5S2. The molecule has 0 aliphatic carbocycles. The Morgan fingerprint density at radius 3 is 2.80 bits per heavy atom. The molecule has 6 nitrogen and oxygen atoms in total. The van der Waals surface area contributed by atoms with E-state index in [2.05, 4.69) is 0 Å². The second-order valence-electron chi connectivity index (χ2n) is 5.44. The average Bonchev–Trinajstić information content (AvgIpc) is 2.83. The van der Waals surface area contributed by atoms with Gasteiger partial charge >= 0.3 is 5.97 Å². The normalized spacial score (nSPS) is 15.9. The third-order valence-electron chi connectivity index (χ3n) is 3.68. The molecule has 0 atom stereocenters. The first-order valence-corrected chi connectivity index (χ1v) is 8.99. The van der Waals surface area contributed by atoms with Crippen molar-refractivity contribution in [2.24, 2.45) is 0 Å². The lowest BCUT2D eigenvalue weighted by Crippen LogP contribution is -2.29. The monoisotopic (exact) mass is 381 g/mol. The largest absolute Gasteiger partial charge is 0.504 e. The maximum absolute atomic E-state index is 12.5. The summed E-state index contributed by atoms with van der Waals surface area (Å²) in [4.78, 5) is 24.9. The van der Waals surface area contributed by atoms with E-state index in [0.717, 1.165) is 6.42 Å². The zero-order valence-electron chi connectivity index (χ0n) is 13.7. The molecule has 2 N–H and O–H groups in total. The molecule has 1 aliphatic heterocycles. The Hall–Kier alpha value is -2.06. The molecule has 1 heterocycles. The smallest absolute Gasteiger partial charge is 0.303 e. The van der Waals surface area contributed by atoms with Crippen molar-refractivity contribution in [2.45, 2.75) is 25.7 Å². The molecule has 0 bridgehead atoms. The highest BCUT2D eigenvalue weighted by Crippen LogP contribution is 2.36. The van der Waals surface area contributed by atoms with Gasteiger partial charge in [-0.05, 0) is 25.0 Å². The third kappa shape index (κ3) is 4.96. The fourth-order valence-electron chi connectivity index (χ4n) is 2.38. The summed E-state index contributed by atoms with van der Waals surface area (Å²) in [5.74, 6) is -0.700. The highest BCUT2D eigenvalue weighted by molar-refractivity contribution is 8.26. The van der Waals surface area contributed by atoms with Crippen LogP contribution in [0.2, 0.25) is 0 Å². The third-order valence-corrected chi connectivity index (χ3v) is 5.06. The van der Waals surface area contributed by atoms with Gasteiger partial charge in [0.25, 0.3) is 5.91 Å². The summed E-state index contributed by atoms with van der Waals surface area (Å²) in [7, 11) is 1.46. The number of aromatic hydroxyl groups is 1. The summed E-state index contributed by atoms with van der Waals surface area (Å²) in [6, 6.07) is 5.05. The lowest BCUT2D eigenvalue weighted by molar-refractivity contribution is -0.137. The van der Waals surface area contributed by atoms with E-state index in [1.54, 1.807) is 24.3 Å². The number of phenolic OH excluding ortho intramolecular Hbond substituents is 1. The molecule has 0 unspecified atom stereocenters. The number of ether oxygens (including phenoxy) is 1. The van der Waals surface area contributed by atoms with E-state index in [1.165, 1.54) is 23.8 Å². The molecule has 8 heteroatoms. The van der Waals surface area contributed by atoms with Crippen molar-refractivity contribution in [1.82, 2.24) is 4.90 Å². The molecule has 0 radical (unpaired) electrons. The summed E-state index contributed by atoms with van der Waals surface area (Å²) < 4.78 is 5.53. The van der Waals surface area contributed by atoms with Gasteiger partial charge < -0.3 is 14.9 Å². The number of carboxylic acids is 1. The van der Waals surface area contributed by atoms with Crippen molar-refractivity contribution < 1.29 is 24.5 Å². The van der Waals surface area contributed by atoms with Crippen LogP contribution >= 0.6 is 24.0 Å². The second kappa shape index (κ2) is 8.87. The lowest BCUT2D eigenvalue weighted by Gasteiger charge is -2.13. The fourth-order valence-corrected chi connectivity index (χ4v) is 3.68. The summed E-state index contributed by atoms with van der Waals surface area (Å²) in [6.07, 6.45) is 3.73. The topological polar surface area (TPSA) is 87.1 Å². The van der Waals surface area contributed by atoms with Crippen LogP contribution in [-0.2, 0) is 9.59 Å². The molecule has 0 spiro atoms. The average molecular weight is 381 g/mol. The first-order chi connectivity index (χ1) is 11.9. The standard InChI is InChI=1S/C17H19NO5S2/c1-23-12-7-5-6-11(15(12)21)10-13-16(22)18(17(24)25-13)9-4-2-3-8-14(19)20/h5-7,10,21H,2-4,8-9H2,1H3,(H,19,20)/b13-10-. The molecule has 2 rings (SSSR count). The van der Waals surface area contributed by atoms with Crippen LogP contribution in [0.5, 0.6) is 11.5 Å². The molecule has 25 heavy (non-hydrogen) atoms. The number of nitrogens with zero attached hydrogens (tertiary/aromatic N) is 1. The Bertz CT molecular complexity index is 717. The van der Waals surface area contributed by atoms with Gasteiger partial charge in [-0.3, -0.25) is 14.5 Å². The molecule has 1 aromatic carbocycles. The Labute approximate surface area is 155 Å². The van der Waals surface area contributed by atoms with Crippen LogP contribution in [0.4, 0.5) is 0 Å². The van der Waals surface area contributed by atoms with E-state index in [9.17, 15) is 14.7 Å². The minimum Gasteiger partial charge on any atom is -0.504 e. The zero-order chi connectivity index (χ0) is 18.4. The van der Waals surface area contributed by atoms with Gasteiger partial charge in [-0.1, -0.05) is 42.5 Å². The van der Waals surface area contributed by atoms with Gasteiger partial charge in [0.2, 0.25) is 0 Å². The quantitative estimate of drug-likeness (QED) is 0.406. The number of thiocarbonyl (C=S) groups is 1. The highest BCUT2D eigenvalue weighted by atomic mass is 32.2. The molecule has 134 valence electrons. The molecular weight excluding hydrogens is 362 g/mol. The molecule has 0 saturated carbocycles. The number of rotatable bonds is 8. The van der Waals surface area contributed by atoms with E-state index >= 15 is 0 Å². The maximum atomic E-state index is 12.5. The van der Waals surface area contributed by atoms with Crippen LogP contribution in [0.25, 0.3) is 6.08 Å². The summed E-state index contributed by atoms with van der Waals surface area (Å²) in [5, 5.41) is 18.7. The number of methoxy groups -OCH3 is 1. The Balaban J connectivity index is 2.02. The number of para-hydroxylation sites is 1. The first-order valence-electron chi connectivity index (χ1n) is 7.77. The minimum absolute atomic E-state index is 0.0241. The Morgan fingerprint density at radius 1 is 1.36 bits per heavy atom. The van der Waals surface area contributed by atoms with Crippen LogP contribution in [0, 0.1) is 0 Å². The van der Waals surface area contributed by atoms with Gasteiger partial charge in [-0.15, -0.1) is 0 Å². The van der Waals surface area contributed by atoms with Crippen LogP contribution in [0.15, 0.2) is 23.1 Å². The van der Waals surface area contributed by atoms with Gasteiger partial charge in [0.05, 0.1) is 12.0 Å². The molecule has 1 fully saturated rings. The predicted octanol–water partition coefficient (Wildman–Crippen LogP) is 3.25. The Kier molecular flexibility index (Phi) is 6.83. The molecule has 1 aliphatic rings. The number of hydrogen-bond acceptors (Lipinski definition) is 6. The molecule has 0 aromatic heterocycles.